The van der Waals surface area contributed by atoms with Crippen molar-refractivity contribution in [1.29, 1.82) is 0 Å². The third-order valence-electron chi connectivity index (χ3n) is 3.13. The van der Waals surface area contributed by atoms with E-state index in [1.165, 1.54) is 12.3 Å². The van der Waals surface area contributed by atoms with Crippen LogP contribution in [-0.2, 0) is 5.54 Å². The summed E-state index contributed by atoms with van der Waals surface area (Å²) in [6.45, 7) is 3.94. The summed E-state index contributed by atoms with van der Waals surface area (Å²) < 4.78 is 12.9. The molecule has 0 spiro atoms. The summed E-state index contributed by atoms with van der Waals surface area (Å²) in [5.74, 6) is -0.362. The van der Waals surface area contributed by atoms with Crippen LogP contribution >= 0.6 is 0 Å². The first-order valence-electron chi connectivity index (χ1n) is 5.89. The number of pyridine rings is 2. The van der Waals surface area contributed by atoms with Crippen molar-refractivity contribution < 1.29 is 4.39 Å². The number of halogens is 1. The summed E-state index contributed by atoms with van der Waals surface area (Å²) in [5.41, 5.74) is 8.29. The second kappa shape index (κ2) is 4.82. The van der Waals surface area contributed by atoms with Crippen LogP contribution in [0.3, 0.4) is 0 Å². The smallest absolute Gasteiger partial charge is 0.141 e. The van der Waals surface area contributed by atoms with E-state index in [-0.39, 0.29) is 5.82 Å². The van der Waals surface area contributed by atoms with Gasteiger partial charge >= 0.3 is 0 Å². The van der Waals surface area contributed by atoms with Crippen LogP contribution < -0.4 is 5.73 Å². The highest BCUT2D eigenvalue weighted by molar-refractivity contribution is 5.34. The monoisotopic (exact) mass is 245 g/mol. The maximum absolute atomic E-state index is 12.9. The summed E-state index contributed by atoms with van der Waals surface area (Å²) in [4.78, 5) is 8.26. The molecule has 1 unspecified atom stereocenters. The summed E-state index contributed by atoms with van der Waals surface area (Å²) >= 11 is 0. The Balaban J connectivity index is 2.51. The Morgan fingerprint density at radius 2 is 2.06 bits per heavy atom. The third kappa shape index (κ3) is 2.24. The molecule has 0 aromatic carbocycles. The van der Waals surface area contributed by atoms with Gasteiger partial charge < -0.3 is 5.73 Å². The van der Waals surface area contributed by atoms with Crippen molar-refractivity contribution >= 4 is 0 Å². The zero-order valence-electron chi connectivity index (χ0n) is 10.5. The number of aromatic nitrogens is 2. The van der Waals surface area contributed by atoms with Crippen LogP contribution in [0.2, 0.25) is 0 Å². The lowest BCUT2D eigenvalue weighted by Gasteiger charge is -2.28. The first-order valence-corrected chi connectivity index (χ1v) is 5.89. The second-order valence-electron chi connectivity index (χ2n) is 4.44. The molecule has 3 nitrogen and oxygen atoms in total. The van der Waals surface area contributed by atoms with Gasteiger partial charge in [0.2, 0.25) is 0 Å². The molecule has 2 rings (SSSR count). The molecule has 0 aliphatic heterocycles. The van der Waals surface area contributed by atoms with Crippen molar-refractivity contribution in [2.45, 2.75) is 25.8 Å². The molecular formula is C14H16FN3. The normalized spacial score (nSPS) is 14.2. The maximum Gasteiger partial charge on any atom is 0.141 e. The van der Waals surface area contributed by atoms with Crippen LogP contribution in [0.4, 0.5) is 4.39 Å². The molecule has 1 atom stereocenters. The summed E-state index contributed by atoms with van der Waals surface area (Å²) in [6, 6.07) is 4.99. The Hall–Kier alpha value is -1.81. The molecule has 2 aromatic heterocycles. The van der Waals surface area contributed by atoms with Gasteiger partial charge in [-0.3, -0.25) is 9.97 Å². The molecule has 2 aromatic rings. The summed E-state index contributed by atoms with van der Waals surface area (Å²) in [7, 11) is 0. The molecule has 2 N–H and O–H groups in total. The Morgan fingerprint density at radius 1 is 1.28 bits per heavy atom. The molecule has 0 saturated carbocycles. The molecular weight excluding hydrogens is 229 g/mol. The Labute approximate surface area is 106 Å². The fourth-order valence-electron chi connectivity index (χ4n) is 1.97. The Kier molecular flexibility index (Phi) is 3.39. The second-order valence-corrected chi connectivity index (χ2v) is 4.44. The predicted molar refractivity (Wildman–Crippen MR) is 68.4 cm³/mol. The molecule has 4 heteroatoms. The minimum Gasteiger partial charge on any atom is -0.316 e. The largest absolute Gasteiger partial charge is 0.316 e. The van der Waals surface area contributed by atoms with E-state index in [0.717, 1.165) is 11.1 Å². The van der Waals surface area contributed by atoms with E-state index in [9.17, 15) is 4.39 Å². The number of rotatable bonds is 3. The quantitative estimate of drug-likeness (QED) is 0.904. The van der Waals surface area contributed by atoms with E-state index in [4.69, 9.17) is 5.73 Å². The van der Waals surface area contributed by atoms with Gasteiger partial charge in [-0.1, -0.05) is 13.0 Å². The minimum atomic E-state index is -0.729. The van der Waals surface area contributed by atoms with Gasteiger partial charge in [-0.15, -0.1) is 0 Å². The third-order valence-corrected chi connectivity index (χ3v) is 3.13. The van der Waals surface area contributed by atoms with Gasteiger partial charge in [-0.25, -0.2) is 4.39 Å². The van der Waals surface area contributed by atoms with Gasteiger partial charge in [0, 0.05) is 12.4 Å². The molecule has 0 aliphatic carbocycles. The van der Waals surface area contributed by atoms with Gasteiger partial charge in [0.15, 0.2) is 0 Å². The molecule has 2 heterocycles. The lowest BCUT2D eigenvalue weighted by Crippen LogP contribution is -2.38. The van der Waals surface area contributed by atoms with Crippen molar-refractivity contribution in [2.75, 3.05) is 0 Å². The molecule has 0 amide bonds. The van der Waals surface area contributed by atoms with E-state index >= 15 is 0 Å². The average molecular weight is 245 g/mol. The number of nitrogens with two attached hydrogens (primary N) is 1. The van der Waals surface area contributed by atoms with E-state index in [1.807, 2.05) is 19.9 Å². The van der Waals surface area contributed by atoms with Gasteiger partial charge in [0.25, 0.3) is 0 Å². The van der Waals surface area contributed by atoms with Gasteiger partial charge in [0.05, 0.1) is 17.4 Å². The van der Waals surface area contributed by atoms with Crippen LogP contribution in [-0.4, -0.2) is 9.97 Å². The molecule has 0 aliphatic rings. The van der Waals surface area contributed by atoms with Crippen LogP contribution in [0.25, 0.3) is 0 Å². The Bertz CT molecular complexity index is 539. The standard InChI is InChI=1S/C14H16FN3/c1-3-14(16,11-6-10(2)7-17-8-11)13-5-4-12(15)9-18-13/h4-9H,3,16H2,1-2H3. The molecule has 0 fully saturated rings. The highest BCUT2D eigenvalue weighted by Gasteiger charge is 2.29. The number of hydrogen-bond acceptors (Lipinski definition) is 3. The SMILES string of the molecule is CCC(N)(c1cncc(C)c1)c1ccc(F)cn1. The van der Waals surface area contributed by atoms with Crippen molar-refractivity contribution in [2.24, 2.45) is 5.73 Å². The highest BCUT2D eigenvalue weighted by Crippen LogP contribution is 2.28. The first kappa shape index (κ1) is 12.6. The topological polar surface area (TPSA) is 51.8 Å². The molecule has 94 valence electrons. The van der Waals surface area contributed by atoms with Crippen molar-refractivity contribution in [3.8, 4) is 0 Å². The molecule has 18 heavy (non-hydrogen) atoms. The predicted octanol–water partition coefficient (Wildman–Crippen LogP) is 2.54. The minimum absolute atomic E-state index is 0.362. The van der Waals surface area contributed by atoms with Crippen LogP contribution in [0.5, 0.6) is 0 Å². The molecule has 0 radical (unpaired) electrons. The fraction of sp³-hybridized carbons (Fsp3) is 0.286. The van der Waals surface area contributed by atoms with Gasteiger partial charge in [0.1, 0.15) is 5.82 Å². The van der Waals surface area contributed by atoms with Crippen LogP contribution in [0.15, 0.2) is 36.8 Å². The van der Waals surface area contributed by atoms with E-state index in [0.29, 0.717) is 12.1 Å². The van der Waals surface area contributed by atoms with E-state index in [2.05, 4.69) is 9.97 Å². The van der Waals surface area contributed by atoms with Crippen molar-refractivity contribution in [3.05, 3.63) is 59.4 Å². The number of nitrogens with zero attached hydrogens (tertiary/aromatic N) is 2. The van der Waals surface area contributed by atoms with E-state index < -0.39 is 5.54 Å². The molecule has 0 bridgehead atoms. The van der Waals surface area contributed by atoms with Crippen LogP contribution in [0, 0.1) is 12.7 Å². The van der Waals surface area contributed by atoms with E-state index in [1.54, 1.807) is 18.5 Å². The lowest BCUT2D eigenvalue weighted by atomic mass is 9.85. The van der Waals surface area contributed by atoms with Gasteiger partial charge in [-0.2, -0.15) is 0 Å². The average Bonchev–Trinajstić information content (AvgIpc) is 2.38. The van der Waals surface area contributed by atoms with Crippen molar-refractivity contribution in [3.63, 3.8) is 0 Å². The summed E-state index contributed by atoms with van der Waals surface area (Å²) in [6.07, 6.45) is 5.37. The first-order chi connectivity index (χ1) is 8.56. The van der Waals surface area contributed by atoms with Gasteiger partial charge in [-0.05, 0) is 36.6 Å². The number of aryl methyl sites for hydroxylation is 1. The lowest BCUT2D eigenvalue weighted by molar-refractivity contribution is 0.497. The summed E-state index contributed by atoms with van der Waals surface area (Å²) in [5, 5.41) is 0. The zero-order valence-corrected chi connectivity index (χ0v) is 10.5. The number of hydrogen-bond donors (Lipinski definition) is 1. The highest BCUT2D eigenvalue weighted by atomic mass is 19.1. The van der Waals surface area contributed by atoms with Crippen LogP contribution in [0.1, 0.15) is 30.2 Å². The zero-order chi connectivity index (χ0) is 13.2. The Morgan fingerprint density at radius 3 is 2.61 bits per heavy atom. The fourth-order valence-corrected chi connectivity index (χ4v) is 1.97. The molecule has 0 saturated heterocycles. The van der Waals surface area contributed by atoms with Crippen molar-refractivity contribution in [1.82, 2.24) is 9.97 Å². The maximum atomic E-state index is 12.9.